The van der Waals surface area contributed by atoms with E-state index in [1.54, 1.807) is 5.38 Å². The Hall–Kier alpha value is -1.73. The third-order valence-electron chi connectivity index (χ3n) is 5.17. The quantitative estimate of drug-likeness (QED) is 0.921. The second-order valence-corrected chi connectivity index (χ2v) is 7.69. The van der Waals surface area contributed by atoms with Gasteiger partial charge in [0.2, 0.25) is 0 Å². The van der Waals surface area contributed by atoms with E-state index < -0.39 is 5.97 Å². The Kier molecular flexibility index (Phi) is 4.14. The Bertz CT molecular complexity index is 767. The Morgan fingerprint density at radius 2 is 2.29 bits per heavy atom. The molecule has 1 N–H and O–H groups in total. The maximum absolute atomic E-state index is 11.0. The molecule has 0 aromatic carbocycles. The summed E-state index contributed by atoms with van der Waals surface area (Å²) >= 11 is 1.48. The second kappa shape index (κ2) is 6.29. The molecule has 0 bridgehead atoms. The number of thiazole rings is 1. The summed E-state index contributed by atoms with van der Waals surface area (Å²) in [4.78, 5) is 17.8. The number of fused-ring (bicyclic) bond motifs is 1. The summed E-state index contributed by atoms with van der Waals surface area (Å²) in [6.07, 6.45) is 5.72. The number of piperidine rings is 1. The number of carboxylic acids is 1. The van der Waals surface area contributed by atoms with E-state index in [-0.39, 0.29) is 5.69 Å². The first-order valence-electron chi connectivity index (χ1n) is 8.56. The molecule has 0 saturated carbocycles. The van der Waals surface area contributed by atoms with Gasteiger partial charge in [-0.1, -0.05) is 0 Å². The molecule has 0 radical (unpaired) electrons. The lowest BCUT2D eigenvalue weighted by molar-refractivity contribution is 0.0691. The van der Waals surface area contributed by atoms with E-state index >= 15 is 0 Å². The second-order valence-electron chi connectivity index (χ2n) is 6.80. The van der Waals surface area contributed by atoms with Crippen LogP contribution in [-0.2, 0) is 26.4 Å². The largest absolute Gasteiger partial charge is 0.476 e. The maximum Gasteiger partial charge on any atom is 0.355 e. The van der Waals surface area contributed by atoms with Crippen molar-refractivity contribution in [3.05, 3.63) is 33.0 Å². The standard InChI is InChI=1S/C17H22N4O2S/c1-20-15(12-5-2-6-13(12)19-20)9-21-7-3-4-11(8-21)16-18-14(10-24-16)17(22)23/h10-11H,2-9H2,1H3,(H,22,23). The zero-order valence-electron chi connectivity index (χ0n) is 13.9. The van der Waals surface area contributed by atoms with Gasteiger partial charge < -0.3 is 5.11 Å². The van der Waals surface area contributed by atoms with Crippen molar-refractivity contribution in [2.45, 2.75) is 44.6 Å². The first-order chi connectivity index (χ1) is 11.6. The fraction of sp³-hybridized carbons (Fsp3) is 0.588. The lowest BCUT2D eigenvalue weighted by atomic mass is 9.98. The Labute approximate surface area is 145 Å². The molecule has 2 aromatic rings. The third kappa shape index (κ3) is 2.86. The molecule has 1 aliphatic heterocycles. The smallest absolute Gasteiger partial charge is 0.355 e. The van der Waals surface area contributed by atoms with E-state index in [9.17, 15) is 4.79 Å². The van der Waals surface area contributed by atoms with E-state index in [0.29, 0.717) is 5.92 Å². The molecule has 1 saturated heterocycles. The molecule has 1 aliphatic carbocycles. The molecule has 24 heavy (non-hydrogen) atoms. The summed E-state index contributed by atoms with van der Waals surface area (Å²) in [5.74, 6) is -0.589. The number of carboxylic acid groups (broad SMARTS) is 1. The van der Waals surface area contributed by atoms with Crippen LogP contribution < -0.4 is 0 Å². The van der Waals surface area contributed by atoms with E-state index in [1.807, 2.05) is 0 Å². The predicted octanol–water partition coefficient (Wildman–Crippen LogP) is 2.44. The Balaban J connectivity index is 1.48. The molecule has 0 amide bonds. The SMILES string of the molecule is Cn1nc2c(c1CN1CCCC(c3nc(C(=O)O)cs3)C1)CCC2. The minimum Gasteiger partial charge on any atom is -0.476 e. The van der Waals surface area contributed by atoms with Crippen LogP contribution in [0.1, 0.15) is 57.6 Å². The third-order valence-corrected chi connectivity index (χ3v) is 6.17. The average Bonchev–Trinajstić information content (AvgIpc) is 3.26. The first-order valence-corrected chi connectivity index (χ1v) is 9.44. The predicted molar refractivity (Wildman–Crippen MR) is 91.6 cm³/mol. The Morgan fingerprint density at radius 1 is 1.42 bits per heavy atom. The van der Waals surface area contributed by atoms with E-state index in [4.69, 9.17) is 5.11 Å². The van der Waals surface area contributed by atoms with Gasteiger partial charge in [-0.25, -0.2) is 9.78 Å². The molecule has 6 nitrogen and oxygen atoms in total. The number of hydrogen-bond acceptors (Lipinski definition) is 5. The van der Waals surface area contributed by atoms with Crippen molar-refractivity contribution >= 4 is 17.3 Å². The monoisotopic (exact) mass is 346 g/mol. The number of carbonyl (C=O) groups is 1. The highest BCUT2D eigenvalue weighted by atomic mass is 32.1. The lowest BCUT2D eigenvalue weighted by Crippen LogP contribution is -2.34. The molecule has 2 aromatic heterocycles. The van der Waals surface area contributed by atoms with Gasteiger partial charge in [-0.05, 0) is 44.2 Å². The molecule has 3 heterocycles. The van der Waals surface area contributed by atoms with Gasteiger partial charge in [0.1, 0.15) is 0 Å². The van der Waals surface area contributed by atoms with Crippen molar-refractivity contribution < 1.29 is 9.90 Å². The molecule has 1 fully saturated rings. The molecule has 0 spiro atoms. The van der Waals surface area contributed by atoms with E-state index in [0.717, 1.165) is 50.3 Å². The van der Waals surface area contributed by atoms with Crippen molar-refractivity contribution in [1.82, 2.24) is 19.7 Å². The van der Waals surface area contributed by atoms with Crippen molar-refractivity contribution in [3.63, 3.8) is 0 Å². The van der Waals surface area contributed by atoms with Crippen LogP contribution in [-0.4, -0.2) is 43.8 Å². The van der Waals surface area contributed by atoms with Gasteiger partial charge in [-0.2, -0.15) is 5.10 Å². The summed E-state index contributed by atoms with van der Waals surface area (Å²) < 4.78 is 2.05. The number of aromatic nitrogens is 3. The molecular formula is C17H22N4O2S. The lowest BCUT2D eigenvalue weighted by Gasteiger charge is -2.31. The highest BCUT2D eigenvalue weighted by Crippen LogP contribution is 2.31. The summed E-state index contributed by atoms with van der Waals surface area (Å²) in [6.45, 7) is 2.98. The molecular weight excluding hydrogens is 324 g/mol. The van der Waals surface area contributed by atoms with Gasteiger partial charge in [-0.3, -0.25) is 9.58 Å². The van der Waals surface area contributed by atoms with Crippen LogP contribution in [0.15, 0.2) is 5.38 Å². The van der Waals surface area contributed by atoms with Crippen LogP contribution in [0.2, 0.25) is 0 Å². The summed E-state index contributed by atoms with van der Waals surface area (Å²) in [7, 11) is 2.05. The van der Waals surface area contributed by atoms with Gasteiger partial charge in [0.05, 0.1) is 16.4 Å². The number of rotatable bonds is 4. The van der Waals surface area contributed by atoms with Crippen molar-refractivity contribution in [3.8, 4) is 0 Å². The molecule has 128 valence electrons. The van der Waals surface area contributed by atoms with Crippen LogP contribution in [0.25, 0.3) is 0 Å². The minimum atomic E-state index is -0.935. The summed E-state index contributed by atoms with van der Waals surface area (Å²) in [5, 5.41) is 16.4. The maximum atomic E-state index is 11.0. The first kappa shape index (κ1) is 15.8. The van der Waals surface area contributed by atoms with Gasteiger partial charge in [-0.15, -0.1) is 11.3 Å². The number of aromatic carboxylic acids is 1. The number of aryl methyl sites for hydroxylation is 2. The van der Waals surface area contributed by atoms with Gasteiger partial charge >= 0.3 is 5.97 Å². The minimum absolute atomic E-state index is 0.177. The number of likely N-dealkylation sites (tertiary alicyclic amines) is 1. The fourth-order valence-electron chi connectivity index (χ4n) is 3.97. The van der Waals surface area contributed by atoms with Gasteiger partial charge in [0, 0.05) is 31.4 Å². The van der Waals surface area contributed by atoms with Crippen molar-refractivity contribution in [2.75, 3.05) is 13.1 Å². The highest BCUT2D eigenvalue weighted by Gasteiger charge is 2.27. The van der Waals surface area contributed by atoms with Crippen LogP contribution in [0, 0.1) is 0 Å². The van der Waals surface area contributed by atoms with Crippen LogP contribution in [0.3, 0.4) is 0 Å². The van der Waals surface area contributed by atoms with Crippen molar-refractivity contribution in [2.24, 2.45) is 7.05 Å². The fourth-order valence-corrected chi connectivity index (χ4v) is 4.89. The highest BCUT2D eigenvalue weighted by molar-refractivity contribution is 7.09. The summed E-state index contributed by atoms with van der Waals surface area (Å²) in [5.41, 5.74) is 4.28. The van der Waals surface area contributed by atoms with Gasteiger partial charge in [0.15, 0.2) is 5.69 Å². The average molecular weight is 346 g/mol. The number of hydrogen-bond donors (Lipinski definition) is 1. The van der Waals surface area contributed by atoms with Crippen molar-refractivity contribution in [1.29, 1.82) is 0 Å². The zero-order chi connectivity index (χ0) is 16.7. The van der Waals surface area contributed by atoms with Gasteiger partial charge in [0.25, 0.3) is 0 Å². The topological polar surface area (TPSA) is 71.2 Å². The van der Waals surface area contributed by atoms with E-state index in [1.165, 1.54) is 34.7 Å². The van der Waals surface area contributed by atoms with Crippen LogP contribution in [0.4, 0.5) is 0 Å². The number of nitrogens with zero attached hydrogens (tertiary/aromatic N) is 4. The molecule has 2 aliphatic rings. The molecule has 1 atom stereocenters. The van der Waals surface area contributed by atoms with Crippen LogP contribution >= 0.6 is 11.3 Å². The Morgan fingerprint density at radius 3 is 3.08 bits per heavy atom. The normalized spacial score (nSPS) is 21.1. The van der Waals surface area contributed by atoms with Crippen LogP contribution in [0.5, 0.6) is 0 Å². The summed E-state index contributed by atoms with van der Waals surface area (Å²) in [6, 6.07) is 0. The molecule has 4 rings (SSSR count). The molecule has 1 unspecified atom stereocenters. The molecule has 7 heteroatoms. The van der Waals surface area contributed by atoms with E-state index in [2.05, 4.69) is 26.7 Å². The zero-order valence-corrected chi connectivity index (χ0v) is 14.7.